The van der Waals surface area contributed by atoms with Crippen LogP contribution in [0.1, 0.15) is 40.5 Å². The van der Waals surface area contributed by atoms with Crippen LogP contribution in [-0.4, -0.2) is 36.0 Å². The maximum absolute atomic E-state index is 11.9. The highest BCUT2D eigenvalue weighted by Crippen LogP contribution is 2.09. The summed E-state index contributed by atoms with van der Waals surface area (Å²) in [5.74, 6) is -0.449. The number of amides is 1. The molecule has 1 amide bonds. The third-order valence-electron chi connectivity index (χ3n) is 2.38. The van der Waals surface area contributed by atoms with Crippen molar-refractivity contribution in [3.63, 3.8) is 0 Å². The second-order valence-corrected chi connectivity index (χ2v) is 3.71. The Balaban J connectivity index is 4.85. The molecule has 0 N–H and O–H groups in total. The van der Waals surface area contributed by atoms with E-state index in [0.717, 1.165) is 6.42 Å². The fourth-order valence-corrected chi connectivity index (χ4v) is 1.65. The van der Waals surface area contributed by atoms with E-state index in [1.165, 1.54) is 6.08 Å². The van der Waals surface area contributed by atoms with Crippen LogP contribution in [0, 0.1) is 0 Å². The number of rotatable bonds is 7. The first-order valence-electron chi connectivity index (χ1n) is 6.22. The van der Waals surface area contributed by atoms with Gasteiger partial charge in [0.2, 0.25) is 5.91 Å². The first kappa shape index (κ1) is 15.7. The van der Waals surface area contributed by atoms with Crippen LogP contribution in [0.5, 0.6) is 0 Å². The van der Waals surface area contributed by atoms with Crippen molar-refractivity contribution in [2.75, 3.05) is 13.2 Å². The van der Waals surface area contributed by atoms with E-state index in [2.05, 4.69) is 0 Å². The molecular formula is C13H23NO3. The highest BCUT2D eigenvalue weighted by molar-refractivity contribution is 5.91. The van der Waals surface area contributed by atoms with E-state index in [0.29, 0.717) is 19.6 Å². The highest BCUT2D eigenvalue weighted by Gasteiger charge is 2.27. The Bertz CT molecular complexity index is 274. The van der Waals surface area contributed by atoms with E-state index in [4.69, 9.17) is 4.74 Å². The van der Waals surface area contributed by atoms with Crippen molar-refractivity contribution in [2.24, 2.45) is 0 Å². The van der Waals surface area contributed by atoms with Gasteiger partial charge in [-0.25, -0.2) is 4.79 Å². The van der Waals surface area contributed by atoms with Gasteiger partial charge in [0.05, 0.1) is 6.61 Å². The molecule has 0 aromatic rings. The number of nitrogens with zero attached hydrogens (tertiary/aromatic N) is 1. The average molecular weight is 241 g/mol. The molecule has 0 saturated heterocycles. The fraction of sp³-hybridized carbons (Fsp3) is 0.692. The summed E-state index contributed by atoms with van der Waals surface area (Å²) in [4.78, 5) is 25.2. The molecule has 0 aromatic heterocycles. The van der Waals surface area contributed by atoms with Gasteiger partial charge in [-0.3, -0.25) is 4.79 Å². The predicted molar refractivity (Wildman–Crippen MR) is 67.5 cm³/mol. The number of ether oxygens (including phenoxy) is 1. The van der Waals surface area contributed by atoms with Gasteiger partial charge in [-0.2, -0.15) is 0 Å². The standard InChI is InChI=1S/C13H23NO3/c1-5-9-12(15)14(10-6-2)11(7-3)13(16)17-8-4/h5,9,11H,6-8,10H2,1-4H3/b9-5+. The van der Waals surface area contributed by atoms with Crippen LogP contribution >= 0.6 is 0 Å². The largest absolute Gasteiger partial charge is 0.464 e. The van der Waals surface area contributed by atoms with E-state index in [1.807, 2.05) is 13.8 Å². The van der Waals surface area contributed by atoms with Gasteiger partial charge >= 0.3 is 5.97 Å². The normalized spacial score (nSPS) is 12.5. The maximum Gasteiger partial charge on any atom is 0.328 e. The molecule has 0 aliphatic heterocycles. The third kappa shape index (κ3) is 5.02. The molecule has 0 saturated carbocycles. The highest BCUT2D eigenvalue weighted by atomic mass is 16.5. The van der Waals surface area contributed by atoms with Gasteiger partial charge in [0.1, 0.15) is 6.04 Å². The second-order valence-electron chi connectivity index (χ2n) is 3.71. The van der Waals surface area contributed by atoms with Crippen molar-refractivity contribution in [1.82, 2.24) is 4.90 Å². The van der Waals surface area contributed by atoms with Crippen molar-refractivity contribution in [2.45, 2.75) is 46.6 Å². The summed E-state index contributed by atoms with van der Waals surface area (Å²) in [6.45, 7) is 8.32. The predicted octanol–water partition coefficient (Wildman–Crippen LogP) is 2.14. The van der Waals surface area contributed by atoms with E-state index < -0.39 is 6.04 Å². The Kier molecular flexibility index (Phi) is 8.11. The van der Waals surface area contributed by atoms with Gasteiger partial charge in [-0.05, 0) is 32.8 Å². The average Bonchev–Trinajstić information content (AvgIpc) is 2.29. The Morgan fingerprint density at radius 3 is 2.35 bits per heavy atom. The monoisotopic (exact) mass is 241 g/mol. The first-order valence-corrected chi connectivity index (χ1v) is 6.22. The molecule has 0 aliphatic carbocycles. The molecule has 0 fully saturated rings. The molecule has 0 spiro atoms. The van der Waals surface area contributed by atoms with Crippen LogP contribution in [-0.2, 0) is 14.3 Å². The number of allylic oxidation sites excluding steroid dienone is 1. The van der Waals surface area contributed by atoms with Crippen LogP contribution in [0.2, 0.25) is 0 Å². The molecule has 17 heavy (non-hydrogen) atoms. The minimum atomic E-state index is -0.474. The Morgan fingerprint density at radius 2 is 1.94 bits per heavy atom. The molecule has 0 rings (SSSR count). The smallest absolute Gasteiger partial charge is 0.328 e. The molecule has 4 nitrogen and oxygen atoms in total. The third-order valence-corrected chi connectivity index (χ3v) is 2.38. The maximum atomic E-state index is 11.9. The summed E-state index contributed by atoms with van der Waals surface area (Å²) < 4.78 is 4.99. The SMILES string of the molecule is C/C=C/C(=O)N(CCC)C(CC)C(=O)OCC. The van der Waals surface area contributed by atoms with Crippen LogP contribution in [0.3, 0.4) is 0 Å². The minimum absolute atomic E-state index is 0.130. The van der Waals surface area contributed by atoms with E-state index in [-0.39, 0.29) is 11.9 Å². The molecule has 0 radical (unpaired) electrons. The van der Waals surface area contributed by atoms with Gasteiger partial charge in [-0.15, -0.1) is 0 Å². The van der Waals surface area contributed by atoms with Crippen molar-refractivity contribution >= 4 is 11.9 Å². The van der Waals surface area contributed by atoms with E-state index in [1.54, 1.807) is 24.8 Å². The number of carbonyl (C=O) groups excluding carboxylic acids is 2. The zero-order valence-electron chi connectivity index (χ0n) is 11.2. The molecule has 0 heterocycles. The summed E-state index contributed by atoms with van der Waals surface area (Å²) in [6, 6.07) is -0.474. The molecule has 0 aromatic carbocycles. The fourth-order valence-electron chi connectivity index (χ4n) is 1.65. The zero-order chi connectivity index (χ0) is 13.3. The van der Waals surface area contributed by atoms with Gasteiger partial charge in [0, 0.05) is 6.54 Å². The molecule has 1 atom stereocenters. The molecule has 1 unspecified atom stereocenters. The lowest BCUT2D eigenvalue weighted by Crippen LogP contribution is -2.45. The van der Waals surface area contributed by atoms with E-state index >= 15 is 0 Å². The van der Waals surface area contributed by atoms with Gasteiger partial charge in [0.15, 0.2) is 0 Å². The topological polar surface area (TPSA) is 46.6 Å². The summed E-state index contributed by atoms with van der Waals surface area (Å²) in [6.07, 6.45) is 4.56. The molecule has 0 bridgehead atoms. The van der Waals surface area contributed by atoms with Crippen LogP contribution in [0.25, 0.3) is 0 Å². The van der Waals surface area contributed by atoms with Crippen molar-refractivity contribution in [1.29, 1.82) is 0 Å². The summed E-state index contributed by atoms with van der Waals surface area (Å²) in [5, 5.41) is 0. The van der Waals surface area contributed by atoms with Crippen molar-refractivity contribution in [3.8, 4) is 0 Å². The Labute approximate surface area is 104 Å². The van der Waals surface area contributed by atoms with Gasteiger partial charge in [-0.1, -0.05) is 19.9 Å². The van der Waals surface area contributed by atoms with Crippen molar-refractivity contribution in [3.05, 3.63) is 12.2 Å². The zero-order valence-corrected chi connectivity index (χ0v) is 11.2. The van der Waals surface area contributed by atoms with Gasteiger partial charge in [0.25, 0.3) is 0 Å². The summed E-state index contributed by atoms with van der Waals surface area (Å²) in [5.41, 5.74) is 0. The molecule has 0 aliphatic rings. The van der Waals surface area contributed by atoms with Crippen LogP contribution in [0.15, 0.2) is 12.2 Å². The first-order chi connectivity index (χ1) is 8.12. The van der Waals surface area contributed by atoms with Crippen molar-refractivity contribution < 1.29 is 14.3 Å². The Hall–Kier alpha value is -1.32. The summed E-state index contributed by atoms with van der Waals surface area (Å²) in [7, 11) is 0. The molecule has 4 heteroatoms. The quantitative estimate of drug-likeness (QED) is 0.507. The lowest BCUT2D eigenvalue weighted by Gasteiger charge is -2.28. The number of carbonyl (C=O) groups is 2. The van der Waals surface area contributed by atoms with Gasteiger partial charge < -0.3 is 9.64 Å². The van der Waals surface area contributed by atoms with Crippen LogP contribution < -0.4 is 0 Å². The number of hydrogen-bond donors (Lipinski definition) is 0. The minimum Gasteiger partial charge on any atom is -0.464 e. The lowest BCUT2D eigenvalue weighted by molar-refractivity contribution is -0.153. The lowest BCUT2D eigenvalue weighted by atomic mass is 10.1. The summed E-state index contributed by atoms with van der Waals surface area (Å²) >= 11 is 0. The molecular weight excluding hydrogens is 218 g/mol. The number of hydrogen-bond acceptors (Lipinski definition) is 3. The second kappa shape index (κ2) is 8.79. The number of esters is 1. The van der Waals surface area contributed by atoms with E-state index in [9.17, 15) is 9.59 Å². The Morgan fingerprint density at radius 1 is 1.29 bits per heavy atom. The molecule has 98 valence electrons. The van der Waals surface area contributed by atoms with Crippen LogP contribution in [0.4, 0.5) is 0 Å².